The lowest BCUT2D eigenvalue weighted by Crippen LogP contribution is -2.39. The molecule has 2 aromatic carbocycles. The summed E-state index contributed by atoms with van der Waals surface area (Å²) in [5.41, 5.74) is 3.82. The van der Waals surface area contributed by atoms with Gasteiger partial charge in [0.2, 0.25) is 0 Å². The van der Waals surface area contributed by atoms with E-state index in [1.54, 1.807) is 12.3 Å². The lowest BCUT2D eigenvalue weighted by molar-refractivity contribution is 0.0968. The van der Waals surface area contributed by atoms with E-state index in [9.17, 15) is 14.3 Å². The summed E-state index contributed by atoms with van der Waals surface area (Å²) >= 11 is 6.06. The van der Waals surface area contributed by atoms with Crippen LogP contribution < -0.4 is 4.90 Å². The van der Waals surface area contributed by atoms with E-state index in [4.69, 9.17) is 11.6 Å². The summed E-state index contributed by atoms with van der Waals surface area (Å²) in [5, 5.41) is 10.6. The van der Waals surface area contributed by atoms with Gasteiger partial charge in [-0.1, -0.05) is 17.7 Å². The van der Waals surface area contributed by atoms with Gasteiger partial charge in [-0.25, -0.2) is 4.39 Å². The smallest absolute Gasteiger partial charge is 0.170 e. The van der Waals surface area contributed by atoms with Crippen LogP contribution >= 0.6 is 11.6 Å². The maximum atomic E-state index is 14.3. The maximum absolute atomic E-state index is 14.3. The van der Waals surface area contributed by atoms with E-state index in [2.05, 4.69) is 14.8 Å². The second-order valence-corrected chi connectivity index (χ2v) is 11.0. The number of benzene rings is 2. The predicted octanol–water partition coefficient (Wildman–Crippen LogP) is 6.30. The number of halogens is 2. The zero-order chi connectivity index (χ0) is 24.8. The molecule has 188 valence electrons. The number of hydrogen-bond donors (Lipinski definition) is 1. The lowest BCUT2D eigenvalue weighted by atomic mass is 9.93. The van der Waals surface area contributed by atoms with Gasteiger partial charge in [-0.2, -0.15) is 0 Å². The Morgan fingerprint density at radius 2 is 1.78 bits per heavy atom. The standard InChI is InChI=1S/C29H31ClFN3O2/c30-24-14-21(15-25(31)29(24)36)20-5-6-26-22(13-20)27(23(16-32-26)28(35)19-3-4-19)34-11-7-18(8-12-34)17-33-9-1-2-10-33/h5-6,13-16,18-19,36H,1-4,7-12,17H2. The first kappa shape index (κ1) is 23.7. The summed E-state index contributed by atoms with van der Waals surface area (Å²) in [7, 11) is 0. The monoisotopic (exact) mass is 507 g/mol. The number of rotatable bonds is 6. The number of ketones is 1. The molecular weight excluding hydrogens is 477 g/mol. The molecule has 0 amide bonds. The Hall–Kier alpha value is -2.70. The Morgan fingerprint density at radius 1 is 1.03 bits per heavy atom. The molecule has 6 rings (SSSR count). The van der Waals surface area contributed by atoms with E-state index in [0.717, 1.165) is 60.9 Å². The Bertz CT molecular complexity index is 1290. The minimum atomic E-state index is -0.756. The quantitative estimate of drug-likeness (QED) is 0.396. The minimum Gasteiger partial charge on any atom is -0.504 e. The Kier molecular flexibility index (Phi) is 6.34. The van der Waals surface area contributed by atoms with Crippen LogP contribution in [-0.4, -0.2) is 53.5 Å². The van der Waals surface area contributed by atoms with E-state index < -0.39 is 11.6 Å². The highest BCUT2D eigenvalue weighted by atomic mass is 35.5. The van der Waals surface area contributed by atoms with Crippen molar-refractivity contribution in [1.29, 1.82) is 0 Å². The first-order chi connectivity index (χ1) is 17.5. The van der Waals surface area contributed by atoms with Gasteiger partial charge in [-0.3, -0.25) is 9.78 Å². The number of carbonyl (C=O) groups is 1. The van der Waals surface area contributed by atoms with Crippen LogP contribution in [0.2, 0.25) is 5.02 Å². The third-order valence-corrected chi connectivity index (χ3v) is 8.34. The van der Waals surface area contributed by atoms with Gasteiger partial charge in [-0.15, -0.1) is 0 Å². The normalized spacial score (nSPS) is 19.3. The minimum absolute atomic E-state index is 0.0267. The van der Waals surface area contributed by atoms with Crippen LogP contribution in [0.3, 0.4) is 0 Å². The highest BCUT2D eigenvalue weighted by Crippen LogP contribution is 2.41. The SMILES string of the molecule is O=C(c1cnc2ccc(-c3cc(F)c(O)c(Cl)c3)cc2c1N1CCC(CN2CCCC2)CC1)C1CC1. The molecule has 1 saturated carbocycles. The van der Waals surface area contributed by atoms with Gasteiger partial charge >= 0.3 is 0 Å². The van der Waals surface area contributed by atoms with Gasteiger partial charge in [0.05, 0.1) is 21.8 Å². The van der Waals surface area contributed by atoms with Crippen molar-refractivity contribution < 1.29 is 14.3 Å². The molecule has 1 N–H and O–H groups in total. The average Bonchev–Trinajstić information content (AvgIpc) is 3.62. The van der Waals surface area contributed by atoms with E-state index in [0.29, 0.717) is 17.0 Å². The van der Waals surface area contributed by atoms with E-state index in [-0.39, 0.29) is 16.7 Å². The number of nitrogens with zero attached hydrogens (tertiary/aromatic N) is 3. The fourth-order valence-corrected chi connectivity index (χ4v) is 6.05. The Balaban J connectivity index is 1.37. The predicted molar refractivity (Wildman–Crippen MR) is 141 cm³/mol. The molecule has 3 aliphatic rings. The molecule has 5 nitrogen and oxygen atoms in total. The number of pyridine rings is 1. The molecule has 2 aliphatic heterocycles. The number of phenols is 1. The second kappa shape index (κ2) is 9.64. The maximum Gasteiger partial charge on any atom is 0.170 e. The molecule has 0 spiro atoms. The first-order valence-corrected chi connectivity index (χ1v) is 13.5. The first-order valence-electron chi connectivity index (χ1n) is 13.1. The highest BCUT2D eigenvalue weighted by Gasteiger charge is 2.34. The van der Waals surface area contributed by atoms with Crippen LogP contribution in [0, 0.1) is 17.7 Å². The number of phenolic OH excluding ortho intramolecular Hbond substituents is 1. The third-order valence-electron chi connectivity index (χ3n) is 8.05. The highest BCUT2D eigenvalue weighted by molar-refractivity contribution is 6.32. The zero-order valence-electron chi connectivity index (χ0n) is 20.4. The third kappa shape index (κ3) is 4.57. The van der Waals surface area contributed by atoms with E-state index >= 15 is 0 Å². The van der Waals surface area contributed by atoms with Crippen LogP contribution in [0.25, 0.3) is 22.0 Å². The van der Waals surface area contributed by atoms with Gasteiger partial charge in [0.15, 0.2) is 17.3 Å². The molecule has 0 radical (unpaired) electrons. The van der Waals surface area contributed by atoms with Gasteiger partial charge < -0.3 is 14.9 Å². The van der Waals surface area contributed by atoms with Crippen molar-refractivity contribution in [2.75, 3.05) is 37.6 Å². The van der Waals surface area contributed by atoms with Crippen LogP contribution in [-0.2, 0) is 0 Å². The summed E-state index contributed by atoms with van der Waals surface area (Å²) in [5.74, 6) is -0.328. The number of piperidine rings is 1. The number of likely N-dealkylation sites (tertiary alicyclic amines) is 1. The number of aromatic hydroxyl groups is 1. The van der Waals surface area contributed by atoms with Crippen LogP contribution in [0.5, 0.6) is 5.75 Å². The average molecular weight is 508 g/mol. The molecule has 0 bridgehead atoms. The number of Topliss-reactive ketones (excluding diaryl/α,β-unsaturated/α-hetero) is 1. The van der Waals surface area contributed by atoms with E-state index in [1.807, 2.05) is 18.2 Å². The van der Waals surface area contributed by atoms with Crippen LogP contribution in [0.1, 0.15) is 48.9 Å². The van der Waals surface area contributed by atoms with Crippen LogP contribution in [0.4, 0.5) is 10.1 Å². The summed E-state index contributed by atoms with van der Waals surface area (Å²) in [4.78, 5) is 22.9. The summed E-state index contributed by atoms with van der Waals surface area (Å²) < 4.78 is 14.3. The number of hydrogen-bond acceptors (Lipinski definition) is 5. The largest absolute Gasteiger partial charge is 0.504 e. The molecule has 1 aliphatic carbocycles. The molecule has 7 heteroatoms. The van der Waals surface area contributed by atoms with Crippen molar-refractivity contribution in [1.82, 2.24) is 9.88 Å². The number of fused-ring (bicyclic) bond motifs is 1. The van der Waals surface area contributed by atoms with Crippen molar-refractivity contribution in [3.05, 3.63) is 52.9 Å². The summed E-state index contributed by atoms with van der Waals surface area (Å²) in [6.45, 7) is 5.44. The molecule has 2 saturated heterocycles. The van der Waals surface area contributed by atoms with Crippen molar-refractivity contribution in [2.45, 2.75) is 38.5 Å². The molecule has 3 fully saturated rings. The topological polar surface area (TPSA) is 56.7 Å². The van der Waals surface area contributed by atoms with Crippen molar-refractivity contribution in [3.8, 4) is 16.9 Å². The van der Waals surface area contributed by atoms with Crippen molar-refractivity contribution >= 4 is 34.0 Å². The number of anilines is 1. The fraction of sp³-hybridized carbons (Fsp3) is 0.448. The Labute approximate surface area is 215 Å². The molecule has 3 aromatic rings. The molecule has 1 aromatic heterocycles. The van der Waals surface area contributed by atoms with Crippen LogP contribution in [0.15, 0.2) is 36.5 Å². The second-order valence-electron chi connectivity index (χ2n) is 10.6. The van der Waals surface area contributed by atoms with Gasteiger partial charge in [0.1, 0.15) is 0 Å². The van der Waals surface area contributed by atoms with E-state index in [1.165, 1.54) is 38.5 Å². The lowest BCUT2D eigenvalue weighted by Gasteiger charge is -2.36. The van der Waals surface area contributed by atoms with Crippen molar-refractivity contribution in [2.24, 2.45) is 11.8 Å². The van der Waals surface area contributed by atoms with Crippen molar-refractivity contribution in [3.63, 3.8) is 0 Å². The number of aromatic nitrogens is 1. The van der Waals surface area contributed by atoms with Gasteiger partial charge in [0, 0.05) is 37.1 Å². The molecule has 0 unspecified atom stereocenters. The summed E-state index contributed by atoms with van der Waals surface area (Å²) in [6.07, 6.45) is 8.48. The zero-order valence-corrected chi connectivity index (χ0v) is 21.1. The molecule has 0 atom stereocenters. The summed E-state index contributed by atoms with van der Waals surface area (Å²) in [6, 6.07) is 8.64. The van der Waals surface area contributed by atoms with Gasteiger partial charge in [0.25, 0.3) is 0 Å². The molecule has 3 heterocycles. The molecule has 36 heavy (non-hydrogen) atoms. The molecular formula is C29H31ClFN3O2. The fourth-order valence-electron chi connectivity index (χ4n) is 5.85. The van der Waals surface area contributed by atoms with Gasteiger partial charge in [-0.05, 0) is 92.9 Å². The number of carbonyl (C=O) groups excluding carboxylic acids is 1. The Morgan fingerprint density at radius 3 is 2.47 bits per heavy atom.